The van der Waals surface area contributed by atoms with Crippen molar-refractivity contribution in [3.63, 3.8) is 0 Å². The molecular formula is C28H33NO3. The topological polar surface area (TPSA) is 47.6 Å². The predicted octanol–water partition coefficient (Wildman–Crippen LogP) is 7.35. The summed E-state index contributed by atoms with van der Waals surface area (Å²) in [6.07, 6.45) is 7.48. The number of amides is 1. The van der Waals surface area contributed by atoms with Crippen molar-refractivity contribution in [2.75, 3.05) is 19.0 Å². The highest BCUT2D eigenvalue weighted by molar-refractivity contribution is 6.04. The Morgan fingerprint density at radius 2 is 1.28 bits per heavy atom. The number of anilines is 1. The number of methoxy groups -OCH3 is 1. The zero-order valence-corrected chi connectivity index (χ0v) is 19.1. The van der Waals surface area contributed by atoms with Gasteiger partial charge in [0.15, 0.2) is 0 Å². The fourth-order valence-electron chi connectivity index (χ4n) is 3.51. The van der Waals surface area contributed by atoms with Crippen molar-refractivity contribution in [3.05, 3.63) is 78.4 Å². The Balaban J connectivity index is 1.46. The molecule has 4 heteroatoms. The second kappa shape index (κ2) is 12.6. The van der Waals surface area contributed by atoms with Crippen LogP contribution in [0.2, 0.25) is 0 Å². The molecule has 168 valence electrons. The van der Waals surface area contributed by atoms with Crippen LogP contribution in [0.1, 0.15) is 55.8 Å². The van der Waals surface area contributed by atoms with E-state index in [1.165, 1.54) is 32.1 Å². The molecule has 3 rings (SSSR count). The lowest BCUT2D eigenvalue weighted by Gasteiger charge is -2.09. The number of carbonyl (C=O) groups excluding carboxylic acids is 1. The number of hydrogen-bond donors (Lipinski definition) is 1. The Hall–Kier alpha value is -3.27. The van der Waals surface area contributed by atoms with Crippen molar-refractivity contribution in [1.82, 2.24) is 0 Å². The van der Waals surface area contributed by atoms with Gasteiger partial charge in [-0.1, -0.05) is 63.3 Å². The Kier molecular flexibility index (Phi) is 9.18. The van der Waals surface area contributed by atoms with Crippen molar-refractivity contribution in [3.8, 4) is 22.6 Å². The van der Waals surface area contributed by atoms with E-state index in [1.54, 1.807) is 7.11 Å². The third-order valence-electron chi connectivity index (χ3n) is 5.45. The van der Waals surface area contributed by atoms with E-state index in [0.717, 1.165) is 41.3 Å². The summed E-state index contributed by atoms with van der Waals surface area (Å²) < 4.78 is 11.0. The highest BCUT2D eigenvalue weighted by atomic mass is 16.5. The lowest BCUT2D eigenvalue weighted by atomic mass is 10.0. The third-order valence-corrected chi connectivity index (χ3v) is 5.45. The number of benzene rings is 3. The Morgan fingerprint density at radius 3 is 1.91 bits per heavy atom. The lowest BCUT2D eigenvalue weighted by Crippen LogP contribution is -2.11. The van der Waals surface area contributed by atoms with E-state index in [0.29, 0.717) is 5.56 Å². The molecule has 0 saturated carbocycles. The minimum atomic E-state index is -0.132. The van der Waals surface area contributed by atoms with Gasteiger partial charge in [-0.2, -0.15) is 0 Å². The highest BCUT2D eigenvalue weighted by Gasteiger charge is 2.07. The summed E-state index contributed by atoms with van der Waals surface area (Å²) in [6, 6.07) is 23.0. The van der Waals surface area contributed by atoms with Crippen LogP contribution in [0.15, 0.2) is 72.8 Å². The summed E-state index contributed by atoms with van der Waals surface area (Å²) >= 11 is 0. The quantitative estimate of drug-likeness (QED) is 0.305. The van der Waals surface area contributed by atoms with Crippen molar-refractivity contribution in [2.24, 2.45) is 0 Å². The molecule has 0 aliphatic heterocycles. The van der Waals surface area contributed by atoms with Crippen LogP contribution in [0, 0.1) is 0 Å². The molecule has 0 radical (unpaired) electrons. The molecule has 3 aromatic rings. The van der Waals surface area contributed by atoms with Crippen molar-refractivity contribution in [1.29, 1.82) is 0 Å². The first-order valence-electron chi connectivity index (χ1n) is 11.5. The summed E-state index contributed by atoms with van der Waals surface area (Å²) in [7, 11) is 1.65. The Morgan fingerprint density at radius 1 is 0.719 bits per heavy atom. The fraction of sp³-hybridized carbons (Fsp3) is 0.321. The zero-order valence-electron chi connectivity index (χ0n) is 19.1. The zero-order chi connectivity index (χ0) is 22.6. The van der Waals surface area contributed by atoms with Crippen LogP contribution in [0.3, 0.4) is 0 Å². The number of hydrogen-bond acceptors (Lipinski definition) is 3. The van der Waals surface area contributed by atoms with Crippen molar-refractivity contribution < 1.29 is 14.3 Å². The van der Waals surface area contributed by atoms with Crippen LogP contribution < -0.4 is 14.8 Å². The number of nitrogens with one attached hydrogen (secondary N) is 1. The lowest BCUT2D eigenvalue weighted by molar-refractivity contribution is 0.102. The van der Waals surface area contributed by atoms with Gasteiger partial charge in [0.1, 0.15) is 11.5 Å². The van der Waals surface area contributed by atoms with Gasteiger partial charge in [-0.25, -0.2) is 0 Å². The first kappa shape index (κ1) is 23.4. The largest absolute Gasteiger partial charge is 0.497 e. The normalized spacial score (nSPS) is 10.6. The molecular weight excluding hydrogens is 398 g/mol. The summed E-state index contributed by atoms with van der Waals surface area (Å²) in [4.78, 5) is 12.6. The van der Waals surface area contributed by atoms with E-state index in [9.17, 15) is 4.79 Å². The molecule has 0 unspecified atom stereocenters. The first-order valence-corrected chi connectivity index (χ1v) is 11.5. The first-order chi connectivity index (χ1) is 15.7. The molecule has 0 atom stereocenters. The molecule has 0 aromatic heterocycles. The second-order valence-electron chi connectivity index (χ2n) is 7.90. The van der Waals surface area contributed by atoms with Gasteiger partial charge in [-0.05, 0) is 66.1 Å². The summed E-state index contributed by atoms with van der Waals surface area (Å²) in [5.41, 5.74) is 3.50. The molecule has 3 aromatic carbocycles. The summed E-state index contributed by atoms with van der Waals surface area (Å²) in [6.45, 7) is 2.97. The van der Waals surface area contributed by atoms with Gasteiger partial charge in [0, 0.05) is 11.3 Å². The Labute approximate surface area is 191 Å². The van der Waals surface area contributed by atoms with Gasteiger partial charge in [0.05, 0.1) is 13.7 Å². The molecule has 1 amide bonds. The van der Waals surface area contributed by atoms with E-state index in [2.05, 4.69) is 12.2 Å². The van der Waals surface area contributed by atoms with Gasteiger partial charge >= 0.3 is 0 Å². The van der Waals surface area contributed by atoms with E-state index in [-0.39, 0.29) is 5.91 Å². The average molecular weight is 432 g/mol. The van der Waals surface area contributed by atoms with E-state index in [1.807, 2.05) is 72.8 Å². The average Bonchev–Trinajstić information content (AvgIpc) is 2.84. The number of carbonyl (C=O) groups is 1. The van der Waals surface area contributed by atoms with Gasteiger partial charge < -0.3 is 14.8 Å². The molecule has 32 heavy (non-hydrogen) atoms. The molecule has 0 fully saturated rings. The van der Waals surface area contributed by atoms with Crippen LogP contribution in [0.4, 0.5) is 5.69 Å². The summed E-state index contributed by atoms with van der Waals surface area (Å²) in [5, 5.41) is 2.94. The second-order valence-corrected chi connectivity index (χ2v) is 7.90. The van der Waals surface area contributed by atoms with E-state index in [4.69, 9.17) is 9.47 Å². The minimum absolute atomic E-state index is 0.132. The maximum Gasteiger partial charge on any atom is 0.255 e. The minimum Gasteiger partial charge on any atom is -0.497 e. The van der Waals surface area contributed by atoms with Gasteiger partial charge in [0.25, 0.3) is 5.91 Å². The molecule has 0 aliphatic rings. The third kappa shape index (κ3) is 7.16. The van der Waals surface area contributed by atoms with Crippen molar-refractivity contribution in [2.45, 2.75) is 45.4 Å². The number of ether oxygens (including phenoxy) is 2. The van der Waals surface area contributed by atoms with Gasteiger partial charge in [-0.3, -0.25) is 4.79 Å². The highest BCUT2D eigenvalue weighted by Crippen LogP contribution is 2.23. The molecule has 4 nitrogen and oxygen atoms in total. The van der Waals surface area contributed by atoms with Gasteiger partial charge in [-0.15, -0.1) is 0 Å². The fourth-order valence-corrected chi connectivity index (χ4v) is 3.51. The van der Waals surface area contributed by atoms with Crippen molar-refractivity contribution >= 4 is 11.6 Å². The molecule has 0 heterocycles. The van der Waals surface area contributed by atoms with E-state index >= 15 is 0 Å². The maximum atomic E-state index is 12.6. The van der Waals surface area contributed by atoms with Crippen LogP contribution in [-0.4, -0.2) is 19.6 Å². The molecule has 1 N–H and O–H groups in total. The molecule has 0 aliphatic carbocycles. The monoisotopic (exact) mass is 431 g/mol. The smallest absolute Gasteiger partial charge is 0.255 e. The van der Waals surface area contributed by atoms with Crippen LogP contribution in [0.5, 0.6) is 11.5 Å². The van der Waals surface area contributed by atoms with Crippen LogP contribution in [0.25, 0.3) is 11.1 Å². The Bertz CT molecular complexity index is 947. The predicted molar refractivity (Wildman–Crippen MR) is 132 cm³/mol. The van der Waals surface area contributed by atoms with E-state index < -0.39 is 0 Å². The van der Waals surface area contributed by atoms with Crippen LogP contribution >= 0.6 is 0 Å². The molecule has 0 bridgehead atoms. The summed E-state index contributed by atoms with van der Waals surface area (Å²) in [5.74, 6) is 1.52. The molecule has 0 saturated heterocycles. The SMILES string of the molecule is CCCCCCCCOc1ccc(NC(=O)c2ccc(-c3ccc(OC)cc3)cc2)cc1. The van der Waals surface area contributed by atoms with Crippen LogP contribution in [-0.2, 0) is 0 Å². The maximum absolute atomic E-state index is 12.6. The van der Waals surface area contributed by atoms with Gasteiger partial charge in [0.2, 0.25) is 0 Å². The molecule has 0 spiro atoms. The standard InChI is InChI=1S/C28H33NO3/c1-3-4-5-6-7-8-21-32-27-19-15-25(16-20-27)29-28(30)24-11-9-22(10-12-24)23-13-17-26(31-2)18-14-23/h9-20H,3-8,21H2,1-2H3,(H,29,30). The number of unbranched alkanes of at least 4 members (excludes halogenated alkanes) is 5. The number of rotatable bonds is 12.